The van der Waals surface area contributed by atoms with Crippen LogP contribution >= 0.6 is 11.3 Å². The van der Waals surface area contributed by atoms with Crippen molar-refractivity contribution in [2.45, 2.75) is 90.6 Å². The summed E-state index contributed by atoms with van der Waals surface area (Å²) in [6.45, 7) is 15.4. The molecular formula is C46H57N9O7S. The molecule has 16 nitrogen and oxygen atoms in total. The second-order valence-corrected chi connectivity index (χ2v) is 18.8. The zero-order valence-electron chi connectivity index (χ0n) is 37.1. The van der Waals surface area contributed by atoms with Crippen LogP contribution in [0.3, 0.4) is 0 Å². The van der Waals surface area contributed by atoms with E-state index in [2.05, 4.69) is 66.9 Å². The fourth-order valence-electron chi connectivity index (χ4n) is 9.92. The lowest BCUT2D eigenvalue weighted by Crippen LogP contribution is -2.62. The number of rotatable bonds is 7. The van der Waals surface area contributed by atoms with Crippen molar-refractivity contribution >= 4 is 52.0 Å². The van der Waals surface area contributed by atoms with Gasteiger partial charge in [0.05, 0.1) is 35.4 Å². The number of fused-ring (bicyclic) bond motifs is 8. The smallest absolute Gasteiger partial charge is 0.324 e. The minimum Gasteiger partial charge on any atom is -0.464 e. The van der Waals surface area contributed by atoms with Gasteiger partial charge in [-0.3, -0.25) is 29.2 Å². The van der Waals surface area contributed by atoms with E-state index in [1.807, 2.05) is 25.3 Å². The molecule has 1 aromatic carbocycles. The summed E-state index contributed by atoms with van der Waals surface area (Å²) in [4.78, 5) is 83.4. The highest BCUT2D eigenvalue weighted by Gasteiger charge is 2.48. The van der Waals surface area contributed by atoms with Gasteiger partial charge in [0, 0.05) is 91.7 Å². The lowest BCUT2D eigenvalue weighted by molar-refractivity contribution is -0.156. The summed E-state index contributed by atoms with van der Waals surface area (Å²) in [5, 5.41) is 8.04. The van der Waals surface area contributed by atoms with Gasteiger partial charge in [-0.25, -0.2) is 15.2 Å². The monoisotopic (exact) mass is 879 g/mol. The van der Waals surface area contributed by atoms with E-state index in [1.165, 1.54) is 37.1 Å². The highest BCUT2D eigenvalue weighted by atomic mass is 32.1. The number of esters is 1. The average Bonchev–Trinajstić information content (AvgIpc) is 4.04. The van der Waals surface area contributed by atoms with E-state index in [4.69, 9.17) is 19.4 Å². The maximum Gasteiger partial charge on any atom is 0.324 e. The van der Waals surface area contributed by atoms with E-state index in [0.717, 1.165) is 44.7 Å². The SMILES string of the molecule is C=CC(=O)N1CCN(C(=O)N(C)[C@H](C(=O)N[C@H]2Cc3nc(cs3)-c3ccc4c(c3)c3c(n4CC)-c4cccnc4[C@@H](OC)C3C(C)(C)COC(=O)[C@@H]3CCCN(N3)C2=O)C(C)C)C1. The fourth-order valence-corrected chi connectivity index (χ4v) is 10.8. The highest BCUT2D eigenvalue weighted by Crippen LogP contribution is 2.57. The summed E-state index contributed by atoms with van der Waals surface area (Å²) in [5.41, 5.74) is 9.17. The largest absolute Gasteiger partial charge is 0.464 e. The standard InChI is InChI=1S/C46H57N9O7S/c1-9-35(56)52-19-20-53(25-52)45(60)51(7)39(26(3)4)42(57)49-31-22-34-48-32(23-63-34)27-15-16-33-29(21-27)36-37(41(61-8)38-28(13-11-17-47-38)40(36)54(33)10-2)46(5,6)24-62-44(59)30-14-12-18-55(50-30)43(31)58/h9,11,13,15-17,21,23,26,30-31,37,39,41,50H,1,10,12,14,18-20,22,24-25H2,2-8H3,(H,49,57)/t30-,31-,37?,39-,41-/m0/s1. The number of carbonyl (C=O) groups excluding carboxylic acids is 5. The average molecular weight is 880 g/mol. The van der Waals surface area contributed by atoms with E-state index in [-0.39, 0.29) is 37.4 Å². The first-order chi connectivity index (χ1) is 30.2. The molecule has 6 heterocycles. The normalized spacial score (nSPS) is 22.6. The second kappa shape index (κ2) is 17.5. The van der Waals surface area contributed by atoms with Crippen LogP contribution in [0.1, 0.15) is 75.7 Å². The van der Waals surface area contributed by atoms with Crippen molar-refractivity contribution < 1.29 is 33.4 Å². The molecule has 0 spiro atoms. The lowest BCUT2D eigenvalue weighted by atomic mass is 9.67. The van der Waals surface area contributed by atoms with Gasteiger partial charge in [0.1, 0.15) is 24.2 Å². The van der Waals surface area contributed by atoms with E-state index in [1.54, 1.807) is 20.4 Å². The lowest BCUT2D eigenvalue weighted by Gasteiger charge is -2.42. The van der Waals surface area contributed by atoms with Gasteiger partial charge in [-0.15, -0.1) is 11.3 Å². The number of nitrogens with zero attached hydrogens (tertiary/aromatic N) is 7. The Morgan fingerprint density at radius 1 is 1.16 bits per heavy atom. The molecule has 2 saturated heterocycles. The van der Waals surface area contributed by atoms with Crippen LogP contribution < -0.4 is 10.7 Å². The number of pyridine rings is 1. The van der Waals surface area contributed by atoms with Gasteiger partial charge in [-0.05, 0) is 61.6 Å². The van der Waals surface area contributed by atoms with Crippen LogP contribution in [0.4, 0.5) is 4.79 Å². The van der Waals surface area contributed by atoms with Crippen molar-refractivity contribution in [3.8, 4) is 22.5 Å². The number of ether oxygens (including phenoxy) is 2. The molecule has 17 heteroatoms. The van der Waals surface area contributed by atoms with Crippen molar-refractivity contribution in [1.82, 2.24) is 45.0 Å². The van der Waals surface area contributed by atoms with Crippen LogP contribution in [0.25, 0.3) is 33.4 Å². The molecule has 0 radical (unpaired) electrons. The molecular weight excluding hydrogens is 823 g/mol. The summed E-state index contributed by atoms with van der Waals surface area (Å²) in [6.07, 6.45) is 3.60. The highest BCUT2D eigenvalue weighted by molar-refractivity contribution is 7.10. The molecule has 4 aliphatic rings. The van der Waals surface area contributed by atoms with Gasteiger partial charge >= 0.3 is 12.0 Å². The Bertz CT molecular complexity index is 2460. The number of aryl methyl sites for hydroxylation is 1. The van der Waals surface area contributed by atoms with Crippen molar-refractivity contribution in [3.63, 3.8) is 0 Å². The number of likely N-dealkylation sites (N-methyl/N-ethyl adjacent to an activating group) is 1. The fraction of sp³-hybridized carbons (Fsp3) is 0.500. The molecule has 6 bridgehead atoms. The number of benzene rings is 1. The third-order valence-electron chi connectivity index (χ3n) is 13.0. The summed E-state index contributed by atoms with van der Waals surface area (Å²) >= 11 is 1.40. The van der Waals surface area contributed by atoms with Gasteiger partial charge in [-0.1, -0.05) is 40.3 Å². The van der Waals surface area contributed by atoms with Crippen LogP contribution in [-0.2, 0) is 41.6 Å². The minimum atomic E-state index is -1.10. The Morgan fingerprint density at radius 3 is 2.67 bits per heavy atom. The Labute approximate surface area is 371 Å². The first kappa shape index (κ1) is 44.0. The molecule has 1 aliphatic carbocycles. The topological polar surface area (TPSA) is 172 Å². The molecule has 5 amide bonds. The predicted molar refractivity (Wildman–Crippen MR) is 238 cm³/mol. The first-order valence-corrected chi connectivity index (χ1v) is 22.6. The van der Waals surface area contributed by atoms with Crippen molar-refractivity contribution in [2.75, 3.05) is 47.1 Å². The summed E-state index contributed by atoms with van der Waals surface area (Å²) in [7, 11) is 3.26. The maximum absolute atomic E-state index is 14.6. The molecule has 4 aromatic rings. The number of cyclic esters (lactones) is 1. The van der Waals surface area contributed by atoms with Gasteiger partial charge in [0.25, 0.3) is 5.91 Å². The van der Waals surface area contributed by atoms with Gasteiger partial charge in [0.2, 0.25) is 11.8 Å². The molecule has 1 unspecified atom stereocenters. The molecule has 63 heavy (non-hydrogen) atoms. The van der Waals surface area contributed by atoms with Crippen LogP contribution in [0.5, 0.6) is 0 Å². The quantitative estimate of drug-likeness (QED) is 0.188. The number of thiazole rings is 1. The third kappa shape index (κ3) is 7.99. The number of amides is 5. The number of aromatic nitrogens is 3. The Kier molecular flexibility index (Phi) is 12.2. The molecule has 3 aliphatic heterocycles. The number of hydrogen-bond donors (Lipinski definition) is 2. The summed E-state index contributed by atoms with van der Waals surface area (Å²) < 4.78 is 14.9. The zero-order valence-corrected chi connectivity index (χ0v) is 37.9. The Hall–Kier alpha value is -5.65. The number of carbonyl (C=O) groups is 5. The molecule has 5 atom stereocenters. The molecule has 334 valence electrons. The number of methoxy groups -OCH3 is 1. The van der Waals surface area contributed by atoms with Crippen LogP contribution in [-0.4, -0.2) is 129 Å². The molecule has 3 aromatic heterocycles. The van der Waals surface area contributed by atoms with Crippen molar-refractivity contribution in [2.24, 2.45) is 11.3 Å². The summed E-state index contributed by atoms with van der Waals surface area (Å²) in [5.74, 6) is -2.31. The number of hydrazine groups is 1. The van der Waals surface area contributed by atoms with E-state index >= 15 is 0 Å². The van der Waals surface area contributed by atoms with E-state index < -0.39 is 53.5 Å². The minimum absolute atomic E-state index is 0.0647. The van der Waals surface area contributed by atoms with Crippen molar-refractivity contribution in [3.05, 3.63) is 70.8 Å². The number of hydrogen-bond acceptors (Lipinski definition) is 11. The Balaban J connectivity index is 1.18. The Morgan fingerprint density at radius 2 is 1.94 bits per heavy atom. The molecule has 0 saturated carbocycles. The van der Waals surface area contributed by atoms with Crippen LogP contribution in [0.15, 0.2) is 54.6 Å². The van der Waals surface area contributed by atoms with E-state index in [9.17, 15) is 24.0 Å². The van der Waals surface area contributed by atoms with Crippen molar-refractivity contribution in [1.29, 1.82) is 0 Å². The maximum atomic E-state index is 14.6. The number of nitrogens with one attached hydrogen (secondary N) is 2. The second-order valence-electron chi connectivity index (χ2n) is 17.9. The zero-order chi connectivity index (χ0) is 44.9. The summed E-state index contributed by atoms with van der Waals surface area (Å²) in [6, 6.07) is 7.13. The van der Waals surface area contributed by atoms with Gasteiger partial charge in [-0.2, -0.15) is 0 Å². The van der Waals surface area contributed by atoms with Crippen LogP contribution in [0.2, 0.25) is 0 Å². The molecule has 2 fully saturated rings. The van der Waals surface area contributed by atoms with Gasteiger partial charge in [0.15, 0.2) is 0 Å². The first-order valence-electron chi connectivity index (χ1n) is 21.7. The van der Waals surface area contributed by atoms with E-state index in [0.29, 0.717) is 44.0 Å². The molecule has 2 N–H and O–H groups in total. The molecule has 8 rings (SSSR count). The third-order valence-corrected chi connectivity index (χ3v) is 13.9. The van der Waals surface area contributed by atoms with Gasteiger partial charge < -0.3 is 34.1 Å². The number of urea groups is 1. The van der Waals surface area contributed by atoms with Crippen LogP contribution in [0, 0.1) is 11.3 Å². The predicted octanol–water partition coefficient (Wildman–Crippen LogP) is 5.10.